The Labute approximate surface area is 165 Å². The first kappa shape index (κ1) is 19.4. The molecule has 1 atom stereocenters. The van der Waals surface area contributed by atoms with Crippen LogP contribution in [0.25, 0.3) is 10.8 Å². The van der Waals surface area contributed by atoms with Crippen LogP contribution in [0.4, 0.5) is 0 Å². The second-order valence-corrected chi connectivity index (χ2v) is 7.94. The number of rotatable bonds is 7. The molecule has 2 aromatic rings. The van der Waals surface area contributed by atoms with Crippen LogP contribution in [0.1, 0.15) is 44.1 Å². The number of nitriles is 1. The molecule has 27 heavy (non-hydrogen) atoms. The minimum absolute atomic E-state index is 0.0575. The van der Waals surface area contributed by atoms with Crippen LogP contribution < -0.4 is 5.43 Å². The van der Waals surface area contributed by atoms with Gasteiger partial charge in [-0.25, -0.2) is 5.43 Å². The molecule has 1 aliphatic rings. The van der Waals surface area contributed by atoms with Gasteiger partial charge in [0.1, 0.15) is 0 Å². The molecule has 0 saturated heterocycles. The molecule has 2 aromatic carbocycles. The highest BCUT2D eigenvalue weighted by molar-refractivity contribution is 7.99. The largest absolute Gasteiger partial charge is 0.272 e. The van der Waals surface area contributed by atoms with Gasteiger partial charge in [-0.15, -0.1) is 11.8 Å². The number of hydrazone groups is 1. The summed E-state index contributed by atoms with van der Waals surface area (Å²) in [5.41, 5.74) is 5.00. The number of benzene rings is 2. The second-order valence-electron chi connectivity index (χ2n) is 6.95. The van der Waals surface area contributed by atoms with Gasteiger partial charge in [-0.05, 0) is 42.0 Å². The molecule has 1 saturated carbocycles. The second kappa shape index (κ2) is 10.1. The van der Waals surface area contributed by atoms with Crippen LogP contribution in [0.2, 0.25) is 0 Å². The van der Waals surface area contributed by atoms with Crippen molar-refractivity contribution in [3.05, 3.63) is 48.0 Å². The quantitative estimate of drug-likeness (QED) is 0.686. The number of nitrogens with one attached hydrogen (secondary N) is 1. The summed E-state index contributed by atoms with van der Waals surface area (Å²) in [6, 6.07) is 16.9. The zero-order valence-electron chi connectivity index (χ0n) is 15.5. The van der Waals surface area contributed by atoms with Crippen LogP contribution in [0.15, 0.2) is 47.6 Å². The average molecular weight is 380 g/mol. The number of carbonyl (C=O) groups excluding carboxylic acids is 1. The first-order valence-corrected chi connectivity index (χ1v) is 10.7. The van der Waals surface area contributed by atoms with E-state index in [0.717, 1.165) is 37.1 Å². The molecule has 140 valence electrons. The van der Waals surface area contributed by atoms with E-state index in [4.69, 9.17) is 5.26 Å². The molecule has 0 bridgehead atoms. The first-order valence-electron chi connectivity index (χ1n) is 9.54. The molecule has 4 nitrogen and oxygen atoms in total. The Hall–Kier alpha value is -2.32. The molecule has 0 spiro atoms. The van der Waals surface area contributed by atoms with Gasteiger partial charge in [-0.3, -0.25) is 4.79 Å². The number of hydrogen-bond donors (Lipinski definition) is 1. The molecule has 0 unspecified atom stereocenters. The summed E-state index contributed by atoms with van der Waals surface area (Å²) < 4.78 is 0. The SMILES string of the molecule is N#CCC[C@@H]1CCCC/C1=N/NC(=O)CSCc1ccc2ccccc2c1. The van der Waals surface area contributed by atoms with Crippen molar-refractivity contribution in [2.75, 3.05) is 5.75 Å². The third-order valence-corrected chi connectivity index (χ3v) is 5.96. The summed E-state index contributed by atoms with van der Waals surface area (Å²) in [7, 11) is 0. The van der Waals surface area contributed by atoms with Gasteiger partial charge in [0, 0.05) is 23.8 Å². The molecule has 0 radical (unpaired) electrons. The van der Waals surface area contributed by atoms with Crippen molar-refractivity contribution < 1.29 is 4.79 Å². The predicted molar refractivity (Wildman–Crippen MR) is 112 cm³/mol. The lowest BCUT2D eigenvalue weighted by Crippen LogP contribution is -2.26. The number of carbonyl (C=O) groups is 1. The van der Waals surface area contributed by atoms with E-state index in [1.807, 2.05) is 12.1 Å². The van der Waals surface area contributed by atoms with Gasteiger partial charge in [0.25, 0.3) is 0 Å². The number of thioether (sulfide) groups is 1. The van der Waals surface area contributed by atoms with Crippen LogP contribution in [-0.4, -0.2) is 17.4 Å². The van der Waals surface area contributed by atoms with E-state index in [2.05, 4.69) is 46.9 Å². The number of amides is 1. The average Bonchev–Trinajstić information content (AvgIpc) is 2.71. The lowest BCUT2D eigenvalue weighted by Gasteiger charge is -2.23. The van der Waals surface area contributed by atoms with E-state index in [1.165, 1.54) is 22.8 Å². The first-order chi connectivity index (χ1) is 13.3. The lowest BCUT2D eigenvalue weighted by molar-refractivity contribution is -0.118. The molecule has 1 aliphatic carbocycles. The van der Waals surface area contributed by atoms with Gasteiger partial charge in [0.05, 0.1) is 11.8 Å². The van der Waals surface area contributed by atoms with Crippen LogP contribution in [0, 0.1) is 17.2 Å². The van der Waals surface area contributed by atoms with Crippen molar-refractivity contribution in [3.8, 4) is 6.07 Å². The zero-order valence-corrected chi connectivity index (χ0v) is 16.3. The maximum atomic E-state index is 12.1. The lowest BCUT2D eigenvalue weighted by atomic mass is 9.84. The summed E-state index contributed by atoms with van der Waals surface area (Å²) in [6.07, 6.45) is 5.72. The van der Waals surface area contributed by atoms with Gasteiger partial charge >= 0.3 is 0 Å². The van der Waals surface area contributed by atoms with Crippen molar-refractivity contribution in [1.82, 2.24) is 5.43 Å². The normalized spacial score (nSPS) is 18.3. The van der Waals surface area contributed by atoms with E-state index < -0.39 is 0 Å². The summed E-state index contributed by atoms with van der Waals surface area (Å²) in [4.78, 5) is 12.1. The molecule has 1 N–H and O–H groups in total. The fourth-order valence-electron chi connectivity index (χ4n) is 3.52. The van der Waals surface area contributed by atoms with Crippen molar-refractivity contribution >= 4 is 34.2 Å². The number of fused-ring (bicyclic) bond motifs is 1. The maximum absolute atomic E-state index is 12.1. The van der Waals surface area contributed by atoms with E-state index in [9.17, 15) is 4.79 Å². The van der Waals surface area contributed by atoms with Gasteiger partial charge < -0.3 is 0 Å². The molecule has 3 rings (SSSR count). The minimum Gasteiger partial charge on any atom is -0.272 e. The van der Waals surface area contributed by atoms with Crippen molar-refractivity contribution in [3.63, 3.8) is 0 Å². The Morgan fingerprint density at radius 3 is 2.93 bits per heavy atom. The minimum atomic E-state index is -0.0575. The van der Waals surface area contributed by atoms with Crippen LogP contribution in [0.5, 0.6) is 0 Å². The van der Waals surface area contributed by atoms with Crippen molar-refractivity contribution in [1.29, 1.82) is 5.26 Å². The molecule has 1 fully saturated rings. The van der Waals surface area contributed by atoms with Crippen LogP contribution in [-0.2, 0) is 10.5 Å². The van der Waals surface area contributed by atoms with E-state index in [1.54, 1.807) is 11.8 Å². The number of nitrogens with zero attached hydrogens (tertiary/aromatic N) is 2. The standard InChI is InChI=1S/C22H25N3OS/c23-13-5-9-19-7-3-4-10-21(19)24-25-22(26)16-27-15-17-11-12-18-6-1-2-8-20(18)14-17/h1-2,6,8,11-12,14,19H,3-5,7,9-10,15-16H2,(H,25,26)/b24-21-/t19-/m0/s1. The Balaban J connectivity index is 1.46. The molecular weight excluding hydrogens is 354 g/mol. The monoisotopic (exact) mass is 379 g/mol. The van der Waals surface area contributed by atoms with Crippen molar-refractivity contribution in [2.45, 2.75) is 44.3 Å². The van der Waals surface area contributed by atoms with E-state index in [0.29, 0.717) is 18.1 Å². The fourth-order valence-corrected chi connectivity index (χ4v) is 4.29. The molecule has 5 heteroatoms. The fraction of sp³-hybridized carbons (Fsp3) is 0.409. The smallest absolute Gasteiger partial charge is 0.250 e. The van der Waals surface area contributed by atoms with Gasteiger partial charge in [0.2, 0.25) is 5.91 Å². The summed E-state index contributed by atoms with van der Waals surface area (Å²) in [6.45, 7) is 0. The molecule has 0 aliphatic heterocycles. The molecule has 0 heterocycles. The zero-order chi connectivity index (χ0) is 18.9. The number of hydrogen-bond acceptors (Lipinski definition) is 4. The third-order valence-electron chi connectivity index (χ3n) is 4.95. The molecular formula is C22H25N3OS. The highest BCUT2D eigenvalue weighted by atomic mass is 32.2. The molecule has 0 aromatic heterocycles. The van der Waals surface area contributed by atoms with E-state index in [-0.39, 0.29) is 5.91 Å². The third kappa shape index (κ3) is 5.83. The topological polar surface area (TPSA) is 65.2 Å². The Kier molecular flexibility index (Phi) is 7.29. The van der Waals surface area contributed by atoms with Crippen LogP contribution >= 0.6 is 11.8 Å². The molecule has 1 amide bonds. The highest BCUT2D eigenvalue weighted by Crippen LogP contribution is 2.25. The Morgan fingerprint density at radius 1 is 1.22 bits per heavy atom. The van der Waals surface area contributed by atoms with Crippen molar-refractivity contribution in [2.24, 2.45) is 11.0 Å². The summed E-state index contributed by atoms with van der Waals surface area (Å²) in [5, 5.41) is 15.6. The maximum Gasteiger partial charge on any atom is 0.250 e. The predicted octanol–water partition coefficient (Wildman–Crippen LogP) is 5.04. The van der Waals surface area contributed by atoms with Gasteiger partial charge in [0.15, 0.2) is 0 Å². The van der Waals surface area contributed by atoms with E-state index >= 15 is 0 Å². The highest BCUT2D eigenvalue weighted by Gasteiger charge is 2.20. The Bertz CT molecular complexity index is 856. The van der Waals surface area contributed by atoms with Crippen LogP contribution in [0.3, 0.4) is 0 Å². The summed E-state index contributed by atoms with van der Waals surface area (Å²) in [5.74, 6) is 1.49. The van der Waals surface area contributed by atoms with Gasteiger partial charge in [-0.1, -0.05) is 48.9 Å². The summed E-state index contributed by atoms with van der Waals surface area (Å²) >= 11 is 1.60. The van der Waals surface area contributed by atoms with Gasteiger partial charge in [-0.2, -0.15) is 10.4 Å². The Morgan fingerprint density at radius 2 is 2.07 bits per heavy atom.